The van der Waals surface area contributed by atoms with Gasteiger partial charge in [-0.2, -0.15) is 0 Å². The quantitative estimate of drug-likeness (QED) is 0.589. The van der Waals surface area contributed by atoms with Crippen molar-refractivity contribution in [3.8, 4) is 0 Å². The van der Waals surface area contributed by atoms with Gasteiger partial charge in [0, 0.05) is 34.2 Å². The van der Waals surface area contributed by atoms with Crippen LogP contribution in [-0.4, -0.2) is 39.8 Å². The van der Waals surface area contributed by atoms with Crippen LogP contribution in [0.5, 0.6) is 0 Å². The summed E-state index contributed by atoms with van der Waals surface area (Å²) >= 11 is 0. The van der Waals surface area contributed by atoms with Crippen molar-refractivity contribution in [3.05, 3.63) is 64.7 Å². The zero-order valence-electron chi connectivity index (χ0n) is 16.6. The Morgan fingerprint density at radius 2 is 1.63 bits per heavy atom. The molecule has 0 saturated heterocycles. The Bertz CT molecular complexity index is 921. The summed E-state index contributed by atoms with van der Waals surface area (Å²) < 4.78 is 26.2. The van der Waals surface area contributed by atoms with Gasteiger partial charge in [0.05, 0.1) is 4.90 Å². The third kappa shape index (κ3) is 5.30. The molecule has 0 aromatic heterocycles. The minimum absolute atomic E-state index is 0.298. The lowest BCUT2D eigenvalue weighted by Crippen LogP contribution is -2.37. The fourth-order valence-electron chi connectivity index (χ4n) is 2.72. The van der Waals surface area contributed by atoms with Gasteiger partial charge in [-0.15, -0.1) is 0 Å². The van der Waals surface area contributed by atoms with Crippen molar-refractivity contribution >= 4 is 16.0 Å². The maximum absolute atomic E-state index is 12.5. The predicted octanol–water partition coefficient (Wildman–Crippen LogP) is 2.42. The van der Waals surface area contributed by atoms with E-state index in [4.69, 9.17) is 0 Å². The molecule has 6 nitrogen and oxygen atoms in total. The van der Waals surface area contributed by atoms with E-state index in [9.17, 15) is 8.42 Å². The van der Waals surface area contributed by atoms with E-state index >= 15 is 0 Å². The molecule has 0 aliphatic rings. The van der Waals surface area contributed by atoms with Crippen LogP contribution in [0.1, 0.15) is 22.3 Å². The van der Waals surface area contributed by atoms with E-state index in [2.05, 4.69) is 47.7 Å². The molecule has 146 valence electrons. The van der Waals surface area contributed by atoms with Gasteiger partial charge < -0.3 is 10.6 Å². The lowest BCUT2D eigenvalue weighted by Gasteiger charge is -2.17. The monoisotopic (exact) mass is 388 g/mol. The standard InChI is InChI=1S/C20H28N4O2S/c1-15-10-11-17(16(2)12-15)13-22-20(21-3)23-14-18-8-6-7-9-19(18)27(25,26)24(4)5/h6-12H,13-14H2,1-5H3,(H2,21,22,23). The molecule has 2 rings (SSSR count). The van der Waals surface area contributed by atoms with Crippen molar-refractivity contribution in [2.45, 2.75) is 31.8 Å². The van der Waals surface area contributed by atoms with Gasteiger partial charge in [0.1, 0.15) is 0 Å². The van der Waals surface area contributed by atoms with Crippen LogP contribution in [0.2, 0.25) is 0 Å². The van der Waals surface area contributed by atoms with Crippen molar-refractivity contribution in [3.63, 3.8) is 0 Å². The molecule has 0 spiro atoms. The third-order valence-electron chi connectivity index (χ3n) is 4.35. The zero-order valence-corrected chi connectivity index (χ0v) is 17.4. The molecular weight excluding hydrogens is 360 g/mol. The Hall–Kier alpha value is -2.38. The predicted molar refractivity (Wildman–Crippen MR) is 110 cm³/mol. The summed E-state index contributed by atoms with van der Waals surface area (Å²) in [5.41, 5.74) is 4.35. The first-order valence-corrected chi connectivity index (χ1v) is 10.2. The van der Waals surface area contributed by atoms with Crippen molar-refractivity contribution < 1.29 is 8.42 Å². The number of hydrogen-bond donors (Lipinski definition) is 2. The molecular formula is C20H28N4O2S. The Morgan fingerprint density at radius 3 is 2.22 bits per heavy atom. The van der Waals surface area contributed by atoms with Crippen LogP contribution in [0, 0.1) is 13.8 Å². The molecule has 0 unspecified atom stereocenters. The van der Waals surface area contributed by atoms with Crippen LogP contribution >= 0.6 is 0 Å². The van der Waals surface area contributed by atoms with E-state index in [0.29, 0.717) is 29.5 Å². The molecule has 0 radical (unpaired) electrons. The number of rotatable bonds is 6. The number of nitrogens with zero attached hydrogens (tertiary/aromatic N) is 2. The fraction of sp³-hybridized carbons (Fsp3) is 0.350. The van der Waals surface area contributed by atoms with E-state index in [-0.39, 0.29) is 0 Å². The number of aryl methyl sites for hydroxylation is 2. The molecule has 0 aliphatic heterocycles. The summed E-state index contributed by atoms with van der Waals surface area (Å²) in [6.45, 7) is 5.16. The molecule has 2 N–H and O–H groups in total. The lowest BCUT2D eigenvalue weighted by atomic mass is 10.1. The second-order valence-corrected chi connectivity index (χ2v) is 8.72. The van der Waals surface area contributed by atoms with E-state index in [1.807, 2.05) is 6.07 Å². The summed E-state index contributed by atoms with van der Waals surface area (Å²) in [6.07, 6.45) is 0. The van der Waals surface area contributed by atoms with Crippen LogP contribution in [-0.2, 0) is 23.1 Å². The van der Waals surface area contributed by atoms with Gasteiger partial charge in [0.2, 0.25) is 10.0 Å². The molecule has 27 heavy (non-hydrogen) atoms. The van der Waals surface area contributed by atoms with Gasteiger partial charge in [-0.25, -0.2) is 12.7 Å². The largest absolute Gasteiger partial charge is 0.352 e. The van der Waals surface area contributed by atoms with Crippen LogP contribution in [0.25, 0.3) is 0 Å². The molecule has 0 aliphatic carbocycles. The summed E-state index contributed by atoms with van der Waals surface area (Å²) in [7, 11) is 1.26. The first kappa shape index (κ1) is 20.9. The van der Waals surface area contributed by atoms with Crippen molar-refractivity contribution in [1.82, 2.24) is 14.9 Å². The molecule has 0 fully saturated rings. The molecule has 0 amide bonds. The highest BCUT2D eigenvalue weighted by molar-refractivity contribution is 7.89. The second-order valence-electron chi connectivity index (χ2n) is 6.60. The second kappa shape index (κ2) is 9.01. The van der Waals surface area contributed by atoms with Gasteiger partial charge in [-0.05, 0) is 36.6 Å². The van der Waals surface area contributed by atoms with Gasteiger partial charge in [0.25, 0.3) is 0 Å². The Labute approximate surface area is 162 Å². The Balaban J connectivity index is 2.07. The van der Waals surface area contributed by atoms with Crippen molar-refractivity contribution in [2.24, 2.45) is 4.99 Å². The normalized spacial score (nSPS) is 12.3. The van der Waals surface area contributed by atoms with Crippen molar-refractivity contribution in [2.75, 3.05) is 21.1 Å². The SMILES string of the molecule is CN=C(NCc1ccc(C)cc1C)NCc1ccccc1S(=O)(=O)N(C)C. The highest BCUT2D eigenvalue weighted by Crippen LogP contribution is 2.18. The maximum Gasteiger partial charge on any atom is 0.242 e. The Kier molecular flexibility index (Phi) is 6.98. The summed E-state index contributed by atoms with van der Waals surface area (Å²) in [4.78, 5) is 4.53. The highest BCUT2D eigenvalue weighted by atomic mass is 32.2. The molecule has 2 aromatic rings. The average molecular weight is 389 g/mol. The first-order valence-electron chi connectivity index (χ1n) is 8.76. The van der Waals surface area contributed by atoms with Gasteiger partial charge in [0.15, 0.2) is 5.96 Å². The first-order chi connectivity index (χ1) is 12.8. The number of nitrogens with one attached hydrogen (secondary N) is 2. The van der Waals surface area contributed by atoms with E-state index in [0.717, 1.165) is 0 Å². The molecule has 0 bridgehead atoms. The minimum atomic E-state index is -3.49. The molecule has 0 saturated carbocycles. The molecule has 2 aromatic carbocycles. The average Bonchev–Trinajstić information content (AvgIpc) is 2.63. The van der Waals surface area contributed by atoms with Crippen LogP contribution in [0.15, 0.2) is 52.4 Å². The third-order valence-corrected chi connectivity index (χ3v) is 6.26. The number of benzene rings is 2. The summed E-state index contributed by atoms with van der Waals surface area (Å²) in [6, 6.07) is 13.3. The van der Waals surface area contributed by atoms with E-state index in [1.54, 1.807) is 25.2 Å². The molecule has 0 atom stereocenters. The fourth-order valence-corrected chi connectivity index (χ4v) is 3.84. The van der Waals surface area contributed by atoms with Gasteiger partial charge in [-0.1, -0.05) is 42.0 Å². The van der Waals surface area contributed by atoms with Gasteiger partial charge in [-0.3, -0.25) is 4.99 Å². The number of sulfonamides is 1. The lowest BCUT2D eigenvalue weighted by molar-refractivity contribution is 0.519. The van der Waals surface area contributed by atoms with E-state index < -0.39 is 10.0 Å². The number of guanidine groups is 1. The highest BCUT2D eigenvalue weighted by Gasteiger charge is 2.20. The van der Waals surface area contributed by atoms with Crippen LogP contribution < -0.4 is 10.6 Å². The van der Waals surface area contributed by atoms with Gasteiger partial charge >= 0.3 is 0 Å². The number of aliphatic imine (C=N–C) groups is 1. The summed E-state index contributed by atoms with van der Waals surface area (Å²) in [5, 5.41) is 6.47. The van der Waals surface area contributed by atoms with Crippen LogP contribution in [0.3, 0.4) is 0 Å². The molecule has 7 heteroatoms. The van der Waals surface area contributed by atoms with Crippen molar-refractivity contribution in [1.29, 1.82) is 0 Å². The maximum atomic E-state index is 12.5. The number of hydrogen-bond acceptors (Lipinski definition) is 3. The Morgan fingerprint density at radius 1 is 1.00 bits per heavy atom. The summed E-state index contributed by atoms with van der Waals surface area (Å²) in [5.74, 6) is 0.618. The zero-order chi connectivity index (χ0) is 20.0. The topological polar surface area (TPSA) is 73.8 Å². The van der Waals surface area contributed by atoms with Crippen LogP contribution in [0.4, 0.5) is 0 Å². The van der Waals surface area contributed by atoms with E-state index in [1.165, 1.54) is 35.1 Å². The minimum Gasteiger partial charge on any atom is -0.352 e. The molecule has 0 heterocycles. The smallest absolute Gasteiger partial charge is 0.242 e.